The van der Waals surface area contributed by atoms with Gasteiger partial charge >= 0.3 is 0 Å². The monoisotopic (exact) mass is 480 g/mol. The van der Waals surface area contributed by atoms with Crippen molar-refractivity contribution in [1.82, 2.24) is 0 Å². The minimum Gasteiger partial charge on any atom is -0.454 e. The zero-order valence-corrected chi connectivity index (χ0v) is 14.6. The van der Waals surface area contributed by atoms with E-state index in [9.17, 15) is 0 Å². The quantitative estimate of drug-likeness (QED) is 0.349. The molecule has 0 aliphatic heterocycles. The lowest BCUT2D eigenvalue weighted by molar-refractivity contribution is 0.664. The maximum absolute atomic E-state index is 5.89. The summed E-state index contributed by atoms with van der Waals surface area (Å²) < 4.78 is 9.83. The molecule has 17 heavy (non-hydrogen) atoms. The minimum atomic E-state index is 0.863. The summed E-state index contributed by atoms with van der Waals surface area (Å²) in [6, 6.07) is 8.08. The van der Waals surface area contributed by atoms with Gasteiger partial charge in [-0.25, -0.2) is 0 Å². The highest BCUT2D eigenvalue weighted by Crippen LogP contribution is 2.40. The third kappa shape index (κ3) is 2.01. The van der Waals surface area contributed by atoms with E-state index in [1.165, 1.54) is 0 Å². The van der Waals surface area contributed by atoms with E-state index in [1.54, 1.807) is 0 Å². The molecule has 0 aliphatic carbocycles. The molecule has 0 saturated heterocycles. The first-order valence-electron chi connectivity index (χ1n) is 4.72. The van der Waals surface area contributed by atoms with Crippen molar-refractivity contribution in [1.29, 1.82) is 0 Å². The van der Waals surface area contributed by atoms with Crippen LogP contribution in [0.2, 0.25) is 0 Å². The second-order valence-corrected chi connectivity index (χ2v) is 7.17. The smallest absolute Gasteiger partial charge is 0.149 e. The van der Waals surface area contributed by atoms with E-state index in [0.717, 1.165) is 39.8 Å². The predicted molar refractivity (Wildman–Crippen MR) is 84.5 cm³/mol. The van der Waals surface area contributed by atoms with Crippen molar-refractivity contribution in [3.8, 4) is 0 Å². The molecule has 2 aromatic carbocycles. The lowest BCUT2D eigenvalue weighted by Gasteiger charge is -1.95. The average molecular weight is 484 g/mol. The van der Waals surface area contributed by atoms with Gasteiger partial charge < -0.3 is 4.42 Å². The molecular formula is C12H4Br4O. The van der Waals surface area contributed by atoms with Crippen LogP contribution in [0, 0.1) is 0 Å². The van der Waals surface area contributed by atoms with Gasteiger partial charge in [0.25, 0.3) is 0 Å². The Balaban J connectivity index is 2.60. The van der Waals surface area contributed by atoms with Crippen molar-refractivity contribution in [3.05, 3.63) is 42.2 Å². The Bertz CT molecular complexity index is 683. The van der Waals surface area contributed by atoms with Crippen LogP contribution in [-0.2, 0) is 0 Å². The number of furan rings is 1. The first kappa shape index (κ1) is 12.2. The van der Waals surface area contributed by atoms with Crippen LogP contribution < -0.4 is 0 Å². The summed E-state index contributed by atoms with van der Waals surface area (Å²) in [7, 11) is 0. The lowest BCUT2D eigenvalue weighted by atomic mass is 10.1. The summed E-state index contributed by atoms with van der Waals surface area (Å²) in [6.45, 7) is 0. The Morgan fingerprint density at radius 1 is 0.647 bits per heavy atom. The van der Waals surface area contributed by atoms with E-state index in [1.807, 2.05) is 12.1 Å². The van der Waals surface area contributed by atoms with Gasteiger partial charge in [0.05, 0.1) is 8.95 Å². The fourth-order valence-corrected chi connectivity index (χ4v) is 4.44. The third-order valence-corrected chi connectivity index (χ3v) is 4.60. The summed E-state index contributed by atoms with van der Waals surface area (Å²) in [5, 5.41) is 2.17. The van der Waals surface area contributed by atoms with Crippen molar-refractivity contribution in [2.24, 2.45) is 0 Å². The molecule has 0 radical (unpaired) electrons. The molecule has 0 atom stereocenters. The maximum atomic E-state index is 5.89. The Kier molecular flexibility index (Phi) is 3.14. The highest BCUT2D eigenvalue weighted by Gasteiger charge is 2.13. The average Bonchev–Trinajstić information content (AvgIpc) is 2.58. The molecule has 1 aromatic heterocycles. The van der Waals surface area contributed by atoms with Crippen LogP contribution >= 0.6 is 63.7 Å². The van der Waals surface area contributed by atoms with Crippen molar-refractivity contribution in [2.75, 3.05) is 0 Å². The zero-order chi connectivity index (χ0) is 12.2. The molecule has 3 rings (SSSR count). The van der Waals surface area contributed by atoms with Gasteiger partial charge in [0.15, 0.2) is 0 Å². The van der Waals surface area contributed by atoms with Crippen molar-refractivity contribution in [2.45, 2.75) is 0 Å². The van der Waals surface area contributed by atoms with Crippen molar-refractivity contribution in [3.63, 3.8) is 0 Å². The first-order valence-corrected chi connectivity index (χ1v) is 7.90. The molecule has 1 nitrogen and oxygen atoms in total. The molecule has 3 aromatic rings. The molecule has 0 fully saturated rings. The largest absolute Gasteiger partial charge is 0.454 e. The maximum Gasteiger partial charge on any atom is 0.149 e. The highest BCUT2D eigenvalue weighted by molar-refractivity contribution is 9.11. The van der Waals surface area contributed by atoms with E-state index < -0.39 is 0 Å². The fraction of sp³-hybridized carbons (Fsp3) is 0. The SMILES string of the molecule is Brc1cc(Br)c2oc3c(Br)cc(Br)cc3c2c1. The summed E-state index contributed by atoms with van der Waals surface area (Å²) in [5.41, 5.74) is 1.73. The predicted octanol–water partition coefficient (Wildman–Crippen LogP) is 6.64. The molecule has 0 saturated carbocycles. The molecular weight excluding hydrogens is 480 g/mol. The van der Waals surface area contributed by atoms with Gasteiger partial charge in [-0.2, -0.15) is 0 Å². The normalized spacial score (nSPS) is 11.5. The van der Waals surface area contributed by atoms with Gasteiger partial charge in [0.1, 0.15) is 11.2 Å². The number of hydrogen-bond donors (Lipinski definition) is 0. The van der Waals surface area contributed by atoms with E-state index >= 15 is 0 Å². The summed E-state index contributed by atoms with van der Waals surface area (Å²) in [5.74, 6) is 0. The Labute approximate surface area is 131 Å². The van der Waals surface area contributed by atoms with E-state index in [2.05, 4.69) is 75.9 Å². The second-order valence-electron chi connectivity index (χ2n) is 3.63. The van der Waals surface area contributed by atoms with Crippen LogP contribution in [0.5, 0.6) is 0 Å². The Morgan fingerprint density at radius 2 is 1.06 bits per heavy atom. The van der Waals surface area contributed by atoms with Crippen LogP contribution in [0.4, 0.5) is 0 Å². The van der Waals surface area contributed by atoms with Crippen LogP contribution in [0.1, 0.15) is 0 Å². The summed E-state index contributed by atoms with van der Waals surface area (Å²) in [6.07, 6.45) is 0. The van der Waals surface area contributed by atoms with Crippen LogP contribution in [0.3, 0.4) is 0 Å². The molecule has 0 N–H and O–H groups in total. The van der Waals surface area contributed by atoms with Gasteiger partial charge in [-0.15, -0.1) is 0 Å². The van der Waals surface area contributed by atoms with Crippen LogP contribution in [0.25, 0.3) is 21.9 Å². The van der Waals surface area contributed by atoms with E-state index in [-0.39, 0.29) is 0 Å². The fourth-order valence-electron chi connectivity index (χ4n) is 1.83. The number of rotatable bonds is 0. The molecule has 86 valence electrons. The number of fused-ring (bicyclic) bond motifs is 3. The lowest BCUT2D eigenvalue weighted by Crippen LogP contribution is -1.71. The van der Waals surface area contributed by atoms with Crippen molar-refractivity contribution < 1.29 is 4.42 Å². The van der Waals surface area contributed by atoms with E-state index in [0.29, 0.717) is 0 Å². The van der Waals surface area contributed by atoms with Gasteiger partial charge in [-0.1, -0.05) is 31.9 Å². The topological polar surface area (TPSA) is 13.1 Å². The Hall–Kier alpha value is 0.160. The summed E-state index contributed by atoms with van der Waals surface area (Å²) in [4.78, 5) is 0. The van der Waals surface area contributed by atoms with Gasteiger partial charge in [-0.3, -0.25) is 0 Å². The molecule has 0 amide bonds. The van der Waals surface area contributed by atoms with Gasteiger partial charge in [-0.05, 0) is 56.1 Å². The number of hydrogen-bond acceptors (Lipinski definition) is 1. The number of halogens is 4. The van der Waals surface area contributed by atoms with Crippen molar-refractivity contribution >= 4 is 85.7 Å². The molecule has 1 heterocycles. The molecule has 0 aliphatic rings. The molecule has 0 spiro atoms. The van der Waals surface area contributed by atoms with E-state index in [4.69, 9.17) is 4.42 Å². The van der Waals surface area contributed by atoms with Crippen LogP contribution in [0.15, 0.2) is 46.6 Å². The summed E-state index contributed by atoms with van der Waals surface area (Å²) >= 11 is 14.0. The highest BCUT2D eigenvalue weighted by atomic mass is 79.9. The molecule has 0 bridgehead atoms. The zero-order valence-electron chi connectivity index (χ0n) is 8.23. The Morgan fingerprint density at radius 3 is 1.47 bits per heavy atom. The third-order valence-electron chi connectivity index (χ3n) is 2.51. The van der Waals surface area contributed by atoms with Gasteiger partial charge in [0, 0.05) is 19.7 Å². The second kappa shape index (κ2) is 4.37. The minimum absolute atomic E-state index is 0.863. The standard InChI is InChI=1S/C12H4Br4O/c13-5-1-7-8-2-6(14)4-10(16)12(8)17-11(7)9(15)3-5/h1-4H. The van der Waals surface area contributed by atoms with Gasteiger partial charge in [0.2, 0.25) is 0 Å². The van der Waals surface area contributed by atoms with Crippen LogP contribution in [-0.4, -0.2) is 0 Å². The number of benzene rings is 2. The molecule has 5 heteroatoms. The molecule has 0 unspecified atom stereocenters. The first-order chi connectivity index (χ1) is 8.06.